The smallest absolute Gasteiger partial charge is 0.164 e. The number of hydrogen-bond acceptors (Lipinski definition) is 4. The minimum atomic E-state index is -0.736. The van der Waals surface area contributed by atoms with Gasteiger partial charge in [0.05, 0.1) is 30.2 Å². The van der Waals surface area contributed by atoms with Crippen LogP contribution in [0.1, 0.15) is 19.2 Å². The zero-order valence-corrected chi connectivity index (χ0v) is 25.6. The van der Waals surface area contributed by atoms with Crippen LogP contribution in [0.3, 0.4) is 0 Å². The standard InChI is InChI=1S/C45H26N4O/c1-3-12-27(13-4-1)43-46-44(28-22-23-32-31-17-9-10-21-38(31)50-39(32)26-28)48-45(47-43)35-24-25-37-42-40(35)33-18-8-7-16-30(33)34-19-11-20-36(41(34)42)49(37)29-14-5-2-6-15-29/h1-26H/i2D,5D,6D,7D,8D,11D,14D,15D,16D,18D,19D,20D,24D,25D. The summed E-state index contributed by atoms with van der Waals surface area (Å²) in [6, 6.07) is 12.7. The molecule has 0 saturated heterocycles. The van der Waals surface area contributed by atoms with Crippen molar-refractivity contribution in [3.63, 3.8) is 0 Å². The van der Waals surface area contributed by atoms with E-state index in [2.05, 4.69) is 0 Å². The van der Waals surface area contributed by atoms with Crippen LogP contribution in [0.15, 0.2) is 162 Å². The van der Waals surface area contributed by atoms with Crippen molar-refractivity contribution in [3.8, 4) is 39.9 Å². The number of hydrogen-bond donors (Lipinski definition) is 0. The number of para-hydroxylation sites is 2. The molecule has 0 unspecified atom stereocenters. The lowest BCUT2D eigenvalue weighted by molar-refractivity contribution is 0.669. The maximum absolute atomic E-state index is 9.83. The summed E-state index contributed by atoms with van der Waals surface area (Å²) in [6.45, 7) is 0. The van der Waals surface area contributed by atoms with E-state index in [0.717, 1.165) is 15.3 Å². The molecule has 0 atom stereocenters. The van der Waals surface area contributed by atoms with Gasteiger partial charge in [0.2, 0.25) is 0 Å². The van der Waals surface area contributed by atoms with Gasteiger partial charge in [-0.25, -0.2) is 15.0 Å². The molecule has 5 nitrogen and oxygen atoms in total. The summed E-state index contributed by atoms with van der Waals surface area (Å²) in [4.78, 5) is 14.6. The van der Waals surface area contributed by atoms with Crippen LogP contribution in [0.25, 0.3) is 105 Å². The molecule has 0 spiro atoms. The molecule has 0 aliphatic heterocycles. The molecule has 0 bridgehead atoms. The zero-order chi connectivity index (χ0) is 44.9. The molecule has 8 aromatic carbocycles. The number of nitrogens with zero attached hydrogens (tertiary/aromatic N) is 4. The molecule has 0 radical (unpaired) electrons. The van der Waals surface area contributed by atoms with Crippen LogP contribution in [0, 0.1) is 0 Å². The lowest BCUT2D eigenvalue weighted by atomic mass is 9.91. The van der Waals surface area contributed by atoms with Crippen LogP contribution in [0.4, 0.5) is 0 Å². The normalized spacial score (nSPS) is 15.9. The summed E-state index contributed by atoms with van der Waals surface area (Å²) in [5, 5.41) is 0.955. The van der Waals surface area contributed by atoms with E-state index in [1.165, 1.54) is 0 Å². The molecule has 0 amide bonds. The number of aromatic nitrogens is 4. The van der Waals surface area contributed by atoms with Gasteiger partial charge in [-0.2, -0.15) is 0 Å². The van der Waals surface area contributed by atoms with Crippen molar-refractivity contribution in [3.05, 3.63) is 157 Å². The van der Waals surface area contributed by atoms with E-state index < -0.39 is 90.3 Å². The maximum atomic E-state index is 9.83. The van der Waals surface area contributed by atoms with Crippen molar-refractivity contribution < 1.29 is 23.6 Å². The third kappa shape index (κ3) is 3.86. The van der Waals surface area contributed by atoms with E-state index in [9.17, 15) is 8.22 Å². The fourth-order valence-electron chi connectivity index (χ4n) is 6.89. The Hall–Kier alpha value is -6.85. The van der Waals surface area contributed by atoms with Crippen LogP contribution in [0.2, 0.25) is 0 Å². The summed E-state index contributed by atoms with van der Waals surface area (Å²) in [5.41, 5.74) is 1.03. The monoisotopic (exact) mass is 652 g/mol. The van der Waals surface area contributed by atoms with E-state index >= 15 is 0 Å². The van der Waals surface area contributed by atoms with E-state index in [-0.39, 0.29) is 66.4 Å². The van der Waals surface area contributed by atoms with Crippen molar-refractivity contribution in [2.75, 3.05) is 0 Å². The SMILES string of the molecule is [2H]c1c([2H])c([2H])c(-n2c3c([2H])c([2H])c([2H])c4c5c([2H])c([2H])c([2H])c([2H])c5c5c(-c6nc(-c7ccccc7)nc(-c7ccc8c(c7)oc7ccccc78)n6)c([2H])c([2H])c2c5c43)c([2H])c1[2H]. The number of fused-ring (bicyclic) bond motifs is 6. The Morgan fingerprint density at radius 1 is 0.460 bits per heavy atom. The highest BCUT2D eigenvalue weighted by atomic mass is 16.3. The Balaban J connectivity index is 1.38. The van der Waals surface area contributed by atoms with Gasteiger partial charge < -0.3 is 8.98 Å². The lowest BCUT2D eigenvalue weighted by Gasteiger charge is -2.14. The van der Waals surface area contributed by atoms with Crippen LogP contribution in [-0.2, 0) is 0 Å². The summed E-state index contributed by atoms with van der Waals surface area (Å²) in [5.74, 6) is 0.0970. The Morgan fingerprint density at radius 2 is 1.14 bits per heavy atom. The molecule has 232 valence electrons. The molecule has 0 fully saturated rings. The van der Waals surface area contributed by atoms with Gasteiger partial charge in [0, 0.05) is 49.3 Å². The van der Waals surface area contributed by atoms with Gasteiger partial charge in [0.1, 0.15) is 11.2 Å². The van der Waals surface area contributed by atoms with E-state index in [4.69, 9.17) is 30.3 Å². The molecule has 11 aromatic rings. The predicted molar refractivity (Wildman–Crippen MR) is 204 cm³/mol. The molecule has 3 aromatic heterocycles. The molecule has 0 N–H and O–H groups in total. The minimum absolute atomic E-state index is 0.0285. The summed E-state index contributed by atoms with van der Waals surface area (Å²) in [6.07, 6.45) is 0. The second-order valence-electron chi connectivity index (χ2n) is 11.7. The second-order valence-corrected chi connectivity index (χ2v) is 11.7. The van der Waals surface area contributed by atoms with E-state index in [1.54, 1.807) is 36.4 Å². The van der Waals surface area contributed by atoms with E-state index in [1.807, 2.05) is 36.4 Å². The predicted octanol–water partition coefficient (Wildman–Crippen LogP) is 11.6. The number of furan rings is 1. The highest BCUT2D eigenvalue weighted by Gasteiger charge is 2.24. The average molecular weight is 653 g/mol. The fourth-order valence-corrected chi connectivity index (χ4v) is 6.89. The Labute approximate surface area is 305 Å². The van der Waals surface area contributed by atoms with Crippen molar-refractivity contribution in [2.45, 2.75) is 0 Å². The maximum Gasteiger partial charge on any atom is 0.164 e. The molecule has 0 aliphatic rings. The average Bonchev–Trinajstić information content (AvgIpc) is 3.86. The zero-order valence-electron chi connectivity index (χ0n) is 39.6. The Kier molecular flexibility index (Phi) is 3.51. The minimum Gasteiger partial charge on any atom is -0.456 e. The van der Waals surface area contributed by atoms with Gasteiger partial charge in [0.25, 0.3) is 0 Å². The molecule has 3 heterocycles. The van der Waals surface area contributed by atoms with Gasteiger partial charge in [-0.05, 0) is 64.6 Å². The van der Waals surface area contributed by atoms with Crippen LogP contribution < -0.4 is 0 Å². The fraction of sp³-hybridized carbons (Fsp3) is 0. The van der Waals surface area contributed by atoms with Gasteiger partial charge >= 0.3 is 0 Å². The quantitative estimate of drug-likeness (QED) is 0.178. The van der Waals surface area contributed by atoms with Gasteiger partial charge in [-0.15, -0.1) is 0 Å². The first-order valence-electron chi connectivity index (χ1n) is 22.6. The number of rotatable bonds is 4. The van der Waals surface area contributed by atoms with Gasteiger partial charge in [-0.3, -0.25) is 0 Å². The molecule has 5 heteroatoms. The summed E-state index contributed by atoms with van der Waals surface area (Å²) >= 11 is 0. The van der Waals surface area contributed by atoms with Gasteiger partial charge in [-0.1, -0.05) is 109 Å². The summed E-state index contributed by atoms with van der Waals surface area (Å²) < 4.78 is 134. The van der Waals surface area contributed by atoms with Crippen LogP contribution in [0.5, 0.6) is 0 Å². The molecule has 11 rings (SSSR count). The topological polar surface area (TPSA) is 56.7 Å². The molecular formula is C45H26N4O. The largest absolute Gasteiger partial charge is 0.456 e. The van der Waals surface area contributed by atoms with Crippen molar-refractivity contribution >= 4 is 65.3 Å². The first-order chi connectivity index (χ1) is 30.6. The molecular weight excluding hydrogens is 613 g/mol. The Bertz CT molecular complexity index is 3880. The third-order valence-electron chi connectivity index (χ3n) is 9.02. The molecule has 0 saturated carbocycles. The van der Waals surface area contributed by atoms with Crippen molar-refractivity contribution in [2.24, 2.45) is 0 Å². The number of benzene rings is 8. The first kappa shape index (κ1) is 17.0. The first-order valence-corrected chi connectivity index (χ1v) is 15.6. The van der Waals surface area contributed by atoms with Crippen LogP contribution >= 0.6 is 0 Å². The summed E-state index contributed by atoms with van der Waals surface area (Å²) in [7, 11) is 0. The van der Waals surface area contributed by atoms with Crippen molar-refractivity contribution in [1.82, 2.24) is 19.5 Å². The second kappa shape index (κ2) is 10.3. The van der Waals surface area contributed by atoms with Gasteiger partial charge in [0.15, 0.2) is 17.5 Å². The molecule has 0 aliphatic carbocycles. The lowest BCUT2D eigenvalue weighted by Crippen LogP contribution is -2.01. The van der Waals surface area contributed by atoms with Crippen LogP contribution in [-0.4, -0.2) is 19.5 Å². The highest BCUT2D eigenvalue weighted by molar-refractivity contribution is 6.36. The van der Waals surface area contributed by atoms with E-state index in [0.29, 0.717) is 22.3 Å². The third-order valence-corrected chi connectivity index (χ3v) is 9.02. The van der Waals surface area contributed by atoms with Crippen molar-refractivity contribution in [1.29, 1.82) is 0 Å². The molecule has 50 heavy (non-hydrogen) atoms. The Morgan fingerprint density at radius 3 is 2.02 bits per heavy atom. The highest BCUT2D eigenvalue weighted by Crippen LogP contribution is 2.46.